The second-order valence-electron chi connectivity index (χ2n) is 7.52. The highest BCUT2D eigenvalue weighted by Crippen LogP contribution is 2.28. The Kier molecular flexibility index (Phi) is 6.15. The third kappa shape index (κ3) is 4.59. The summed E-state index contributed by atoms with van der Waals surface area (Å²) in [6.07, 6.45) is -2.60. The molecule has 0 N–H and O–H groups in total. The lowest BCUT2D eigenvalue weighted by molar-refractivity contribution is -0.187. The molecule has 5 nitrogen and oxygen atoms in total. The zero-order valence-corrected chi connectivity index (χ0v) is 15.9. The Bertz CT molecular complexity index is 723. The highest BCUT2D eigenvalue weighted by Gasteiger charge is 2.48. The Morgan fingerprint density at radius 1 is 1.14 bits per heavy atom. The molecule has 0 spiro atoms. The summed E-state index contributed by atoms with van der Waals surface area (Å²) in [5, 5.41) is 0. The number of aryl methyl sites for hydroxylation is 1. The summed E-state index contributed by atoms with van der Waals surface area (Å²) in [6.45, 7) is 3.32. The van der Waals surface area contributed by atoms with Crippen LogP contribution in [-0.4, -0.2) is 60.1 Å². The average molecular weight is 398 g/mol. The van der Waals surface area contributed by atoms with Crippen molar-refractivity contribution in [3.05, 3.63) is 29.8 Å². The largest absolute Gasteiger partial charge is 0.493 e. The third-order valence-corrected chi connectivity index (χ3v) is 5.44. The van der Waals surface area contributed by atoms with Crippen LogP contribution in [0.15, 0.2) is 24.3 Å². The summed E-state index contributed by atoms with van der Waals surface area (Å²) in [5.74, 6) is -1.38. The maximum absolute atomic E-state index is 12.8. The van der Waals surface area contributed by atoms with Crippen molar-refractivity contribution in [1.29, 1.82) is 0 Å². The Hall–Kier alpha value is -2.25. The first-order valence-electron chi connectivity index (χ1n) is 9.62. The molecule has 2 aliphatic rings. The van der Waals surface area contributed by atoms with E-state index in [0.717, 1.165) is 24.2 Å². The molecule has 2 unspecified atom stereocenters. The number of para-hydroxylation sites is 1. The van der Waals surface area contributed by atoms with Crippen molar-refractivity contribution in [1.82, 2.24) is 9.80 Å². The number of carbonyl (C=O) groups is 2. The predicted molar refractivity (Wildman–Crippen MR) is 96.8 cm³/mol. The average Bonchev–Trinajstić information content (AvgIpc) is 3.15. The van der Waals surface area contributed by atoms with Crippen LogP contribution in [0, 0.1) is 12.8 Å². The van der Waals surface area contributed by atoms with E-state index in [-0.39, 0.29) is 24.8 Å². The SMILES string of the molecule is Cc1ccccc1OCC1CCCN(C(=O)C2CCCN2C(=O)C(F)(F)F)C1. The van der Waals surface area contributed by atoms with E-state index in [9.17, 15) is 22.8 Å². The zero-order valence-electron chi connectivity index (χ0n) is 15.9. The van der Waals surface area contributed by atoms with E-state index in [1.165, 1.54) is 0 Å². The number of hydrogen-bond acceptors (Lipinski definition) is 3. The first-order valence-corrected chi connectivity index (χ1v) is 9.62. The normalized spacial score (nSPS) is 23.0. The number of hydrogen-bond donors (Lipinski definition) is 0. The Morgan fingerprint density at radius 2 is 1.86 bits per heavy atom. The molecule has 2 saturated heterocycles. The van der Waals surface area contributed by atoms with Gasteiger partial charge in [0, 0.05) is 25.6 Å². The Labute approximate surface area is 162 Å². The van der Waals surface area contributed by atoms with Crippen molar-refractivity contribution in [2.75, 3.05) is 26.2 Å². The Morgan fingerprint density at radius 3 is 2.57 bits per heavy atom. The lowest BCUT2D eigenvalue weighted by atomic mass is 9.98. The van der Waals surface area contributed by atoms with Crippen LogP contribution in [0.5, 0.6) is 5.75 Å². The highest BCUT2D eigenvalue weighted by molar-refractivity contribution is 5.90. The molecular weight excluding hydrogens is 373 g/mol. The van der Waals surface area contributed by atoms with Crippen molar-refractivity contribution < 1.29 is 27.5 Å². The quantitative estimate of drug-likeness (QED) is 0.783. The summed E-state index contributed by atoms with van der Waals surface area (Å²) in [5.41, 5.74) is 1.03. The minimum atomic E-state index is -4.95. The maximum atomic E-state index is 12.8. The number of ether oxygens (including phenoxy) is 1. The van der Waals surface area contributed by atoms with Crippen molar-refractivity contribution in [2.24, 2.45) is 5.92 Å². The van der Waals surface area contributed by atoms with E-state index in [2.05, 4.69) is 0 Å². The number of alkyl halides is 3. The smallest absolute Gasteiger partial charge is 0.471 e. The van der Waals surface area contributed by atoms with Crippen LogP contribution in [0.25, 0.3) is 0 Å². The van der Waals surface area contributed by atoms with Gasteiger partial charge in [-0.1, -0.05) is 18.2 Å². The van der Waals surface area contributed by atoms with Gasteiger partial charge in [-0.15, -0.1) is 0 Å². The topological polar surface area (TPSA) is 49.9 Å². The van der Waals surface area contributed by atoms with Gasteiger partial charge in [-0.25, -0.2) is 0 Å². The molecular formula is C20H25F3N2O3. The molecule has 2 aliphatic heterocycles. The highest BCUT2D eigenvalue weighted by atomic mass is 19.4. The summed E-state index contributed by atoms with van der Waals surface area (Å²) >= 11 is 0. The van der Waals surface area contributed by atoms with Gasteiger partial charge in [-0.05, 0) is 44.2 Å². The second kappa shape index (κ2) is 8.41. The fourth-order valence-corrected chi connectivity index (χ4v) is 3.97. The fourth-order valence-electron chi connectivity index (χ4n) is 3.97. The molecule has 3 rings (SSSR count). The minimum Gasteiger partial charge on any atom is -0.493 e. The van der Waals surface area contributed by atoms with Crippen LogP contribution in [0.3, 0.4) is 0 Å². The molecule has 0 saturated carbocycles. The molecule has 0 aromatic heterocycles. The number of carbonyl (C=O) groups excluding carboxylic acids is 2. The number of benzene rings is 1. The van der Waals surface area contributed by atoms with E-state index < -0.39 is 18.1 Å². The summed E-state index contributed by atoms with van der Waals surface area (Å²) in [7, 11) is 0. The molecule has 1 aromatic carbocycles. The van der Waals surface area contributed by atoms with Crippen molar-refractivity contribution in [3.63, 3.8) is 0 Å². The van der Waals surface area contributed by atoms with Crippen LogP contribution in [0.4, 0.5) is 13.2 Å². The first kappa shape index (κ1) is 20.5. The van der Waals surface area contributed by atoms with Crippen molar-refractivity contribution in [3.8, 4) is 5.75 Å². The summed E-state index contributed by atoms with van der Waals surface area (Å²) in [6, 6.07) is 6.66. The molecule has 154 valence electrons. The van der Waals surface area contributed by atoms with Gasteiger partial charge in [0.15, 0.2) is 0 Å². The lowest BCUT2D eigenvalue weighted by Gasteiger charge is -2.36. The number of halogens is 3. The van der Waals surface area contributed by atoms with Gasteiger partial charge >= 0.3 is 12.1 Å². The maximum Gasteiger partial charge on any atom is 0.471 e. The summed E-state index contributed by atoms with van der Waals surface area (Å²) < 4.78 is 44.3. The minimum absolute atomic E-state index is 0.0254. The van der Waals surface area contributed by atoms with Gasteiger partial charge in [0.25, 0.3) is 0 Å². The number of rotatable bonds is 4. The first-order chi connectivity index (χ1) is 13.3. The van der Waals surface area contributed by atoms with Gasteiger partial charge in [0.2, 0.25) is 5.91 Å². The van der Waals surface area contributed by atoms with Gasteiger partial charge in [0.1, 0.15) is 11.8 Å². The number of amides is 2. The lowest BCUT2D eigenvalue weighted by Crippen LogP contribution is -2.53. The monoisotopic (exact) mass is 398 g/mol. The molecule has 0 bridgehead atoms. The number of piperidine rings is 1. The molecule has 2 fully saturated rings. The van der Waals surface area contributed by atoms with Crippen LogP contribution < -0.4 is 4.74 Å². The van der Waals surface area contributed by atoms with Crippen LogP contribution in [0.1, 0.15) is 31.2 Å². The third-order valence-electron chi connectivity index (χ3n) is 5.44. The van der Waals surface area contributed by atoms with Crippen LogP contribution >= 0.6 is 0 Å². The standard InChI is InChI=1S/C20H25F3N2O3/c1-14-6-2-3-9-17(14)28-13-15-7-4-10-24(12-15)18(26)16-8-5-11-25(16)19(27)20(21,22)23/h2-3,6,9,15-16H,4-5,7-8,10-13H2,1H3. The van der Waals surface area contributed by atoms with Crippen LogP contribution in [-0.2, 0) is 9.59 Å². The van der Waals surface area contributed by atoms with Gasteiger partial charge in [0.05, 0.1) is 6.61 Å². The molecule has 8 heteroatoms. The van der Waals surface area contributed by atoms with E-state index in [1.807, 2.05) is 31.2 Å². The van der Waals surface area contributed by atoms with E-state index in [4.69, 9.17) is 4.74 Å². The molecule has 1 aromatic rings. The molecule has 2 amide bonds. The molecule has 28 heavy (non-hydrogen) atoms. The molecule has 2 heterocycles. The van der Waals surface area contributed by atoms with E-state index in [1.54, 1.807) is 4.90 Å². The van der Waals surface area contributed by atoms with Crippen molar-refractivity contribution in [2.45, 2.75) is 44.8 Å². The molecule has 0 aliphatic carbocycles. The summed E-state index contributed by atoms with van der Waals surface area (Å²) in [4.78, 5) is 26.8. The van der Waals surface area contributed by atoms with Gasteiger partial charge in [-0.2, -0.15) is 13.2 Å². The Balaban J connectivity index is 1.59. The molecule has 2 atom stereocenters. The fraction of sp³-hybridized carbons (Fsp3) is 0.600. The van der Waals surface area contributed by atoms with E-state index >= 15 is 0 Å². The molecule has 0 radical (unpaired) electrons. The zero-order chi connectivity index (χ0) is 20.3. The number of nitrogens with zero attached hydrogens (tertiary/aromatic N) is 2. The number of likely N-dealkylation sites (tertiary alicyclic amines) is 2. The van der Waals surface area contributed by atoms with Gasteiger partial charge < -0.3 is 14.5 Å². The predicted octanol–water partition coefficient (Wildman–Crippen LogP) is 3.17. The van der Waals surface area contributed by atoms with E-state index in [0.29, 0.717) is 31.0 Å². The second-order valence-corrected chi connectivity index (χ2v) is 7.52. The van der Waals surface area contributed by atoms with Gasteiger partial charge in [-0.3, -0.25) is 9.59 Å². The van der Waals surface area contributed by atoms with Crippen LogP contribution in [0.2, 0.25) is 0 Å². The van der Waals surface area contributed by atoms with Crippen molar-refractivity contribution >= 4 is 11.8 Å².